The Balaban J connectivity index is 1.57. The molecule has 2 atom stereocenters. The van der Waals surface area contributed by atoms with Crippen molar-refractivity contribution in [2.75, 3.05) is 6.54 Å². The third kappa shape index (κ3) is 2.85. The van der Waals surface area contributed by atoms with Crippen LogP contribution in [0.3, 0.4) is 0 Å². The van der Waals surface area contributed by atoms with Crippen LogP contribution in [0.2, 0.25) is 0 Å². The Bertz CT molecular complexity index is 973. The Labute approximate surface area is 171 Å². The highest BCUT2D eigenvalue weighted by molar-refractivity contribution is 6.09. The fourth-order valence-electron chi connectivity index (χ4n) is 5.08. The molecule has 0 spiro atoms. The summed E-state index contributed by atoms with van der Waals surface area (Å²) in [4.78, 5) is 40.3. The van der Waals surface area contributed by atoms with Gasteiger partial charge in [0.25, 0.3) is 5.91 Å². The maximum absolute atomic E-state index is 13.3. The lowest BCUT2D eigenvalue weighted by Gasteiger charge is -2.68. The molecule has 4 nitrogen and oxygen atoms in total. The number of Topliss-reactive ketones (excluding diaryl/α,β-unsaturated/α-hetero) is 1. The molecule has 150 valence electrons. The molecular weight excluding hydrogens is 362 g/mol. The van der Waals surface area contributed by atoms with Gasteiger partial charge in [0.1, 0.15) is 5.78 Å². The lowest BCUT2D eigenvalue weighted by atomic mass is 9.41. The summed E-state index contributed by atoms with van der Waals surface area (Å²) in [7, 11) is 0. The van der Waals surface area contributed by atoms with E-state index in [4.69, 9.17) is 0 Å². The third-order valence-electron chi connectivity index (χ3n) is 7.47. The number of piperidine rings is 1. The monoisotopic (exact) mass is 389 g/mol. The molecule has 0 bridgehead atoms. The molecule has 0 radical (unpaired) electrons. The number of ketones is 2. The van der Waals surface area contributed by atoms with Crippen LogP contribution in [0.15, 0.2) is 54.6 Å². The van der Waals surface area contributed by atoms with Crippen molar-refractivity contribution in [3.05, 3.63) is 71.3 Å². The third-order valence-corrected chi connectivity index (χ3v) is 7.47. The lowest BCUT2D eigenvalue weighted by molar-refractivity contribution is -0.192. The van der Waals surface area contributed by atoms with E-state index >= 15 is 0 Å². The number of nitrogens with zero attached hydrogens (tertiary/aromatic N) is 1. The molecule has 1 saturated heterocycles. The summed E-state index contributed by atoms with van der Waals surface area (Å²) in [6.45, 7) is 9.01. The largest absolute Gasteiger partial charge is 0.334 e. The van der Waals surface area contributed by atoms with Gasteiger partial charge in [-0.2, -0.15) is 0 Å². The highest BCUT2D eigenvalue weighted by atomic mass is 16.2. The zero-order valence-electron chi connectivity index (χ0n) is 17.4. The van der Waals surface area contributed by atoms with Gasteiger partial charge in [-0.05, 0) is 23.0 Å². The Hall–Kier alpha value is -2.75. The van der Waals surface area contributed by atoms with Crippen molar-refractivity contribution in [1.29, 1.82) is 0 Å². The van der Waals surface area contributed by atoms with Crippen LogP contribution in [0.25, 0.3) is 0 Å². The minimum Gasteiger partial charge on any atom is -0.334 e. The summed E-state index contributed by atoms with van der Waals surface area (Å²) >= 11 is 0. The number of hydrogen-bond donors (Lipinski definition) is 0. The van der Waals surface area contributed by atoms with Gasteiger partial charge >= 0.3 is 0 Å². The molecule has 1 aliphatic carbocycles. The van der Waals surface area contributed by atoms with Crippen LogP contribution in [-0.4, -0.2) is 35.0 Å². The van der Waals surface area contributed by atoms with Crippen molar-refractivity contribution >= 4 is 17.5 Å². The average Bonchev–Trinajstić information content (AvgIpc) is 2.73. The molecular formula is C25H27NO3. The van der Waals surface area contributed by atoms with Crippen molar-refractivity contribution < 1.29 is 14.4 Å². The van der Waals surface area contributed by atoms with Crippen molar-refractivity contribution in [2.45, 2.75) is 40.2 Å². The minimum absolute atomic E-state index is 0.0601. The van der Waals surface area contributed by atoms with Gasteiger partial charge in [0.2, 0.25) is 0 Å². The van der Waals surface area contributed by atoms with Gasteiger partial charge in [-0.3, -0.25) is 14.4 Å². The first kappa shape index (κ1) is 19.6. The predicted molar refractivity (Wildman–Crippen MR) is 112 cm³/mol. The number of benzene rings is 2. The summed E-state index contributed by atoms with van der Waals surface area (Å²) in [6, 6.07) is 15.9. The van der Waals surface area contributed by atoms with Crippen LogP contribution in [0.5, 0.6) is 0 Å². The maximum Gasteiger partial charge on any atom is 0.254 e. The maximum atomic E-state index is 13.3. The predicted octanol–water partition coefficient (Wildman–Crippen LogP) is 4.38. The van der Waals surface area contributed by atoms with E-state index in [1.54, 1.807) is 36.4 Å². The van der Waals surface area contributed by atoms with Gasteiger partial charge in [0, 0.05) is 41.6 Å². The molecule has 1 heterocycles. The SMILES string of the molecule is CC1(C)[C@H]2C(=O)CCN(C(=O)c3ccc(C(=O)c4ccccc4)cc3)[C@H]2C1(C)C. The Kier molecular flexibility index (Phi) is 4.49. The van der Waals surface area contributed by atoms with E-state index in [0.717, 1.165) is 0 Å². The van der Waals surface area contributed by atoms with Crippen molar-refractivity contribution in [1.82, 2.24) is 4.90 Å². The summed E-state index contributed by atoms with van der Waals surface area (Å²) in [5.74, 6) is 0.0474. The second kappa shape index (κ2) is 6.65. The van der Waals surface area contributed by atoms with Crippen molar-refractivity contribution in [3.63, 3.8) is 0 Å². The molecule has 1 aliphatic heterocycles. The first-order valence-corrected chi connectivity index (χ1v) is 10.2. The molecule has 29 heavy (non-hydrogen) atoms. The first-order chi connectivity index (χ1) is 13.7. The van der Waals surface area contributed by atoms with Gasteiger partial charge in [-0.1, -0.05) is 70.2 Å². The van der Waals surface area contributed by atoms with Crippen LogP contribution < -0.4 is 0 Å². The van der Waals surface area contributed by atoms with Crippen molar-refractivity contribution in [2.24, 2.45) is 16.7 Å². The van der Waals surface area contributed by atoms with Crippen LogP contribution in [0.1, 0.15) is 60.4 Å². The number of carbonyl (C=O) groups is 3. The second-order valence-corrected chi connectivity index (χ2v) is 9.35. The molecule has 2 fully saturated rings. The van der Waals surface area contributed by atoms with Crippen LogP contribution in [-0.2, 0) is 4.79 Å². The Morgan fingerprint density at radius 3 is 2.00 bits per heavy atom. The fraction of sp³-hybridized carbons (Fsp3) is 0.400. The van der Waals surface area contributed by atoms with E-state index in [9.17, 15) is 14.4 Å². The summed E-state index contributed by atoms with van der Waals surface area (Å²) in [5, 5.41) is 0. The summed E-state index contributed by atoms with van der Waals surface area (Å²) in [5.41, 5.74) is 1.49. The quantitative estimate of drug-likeness (QED) is 0.732. The molecule has 1 amide bonds. The Morgan fingerprint density at radius 2 is 1.38 bits per heavy atom. The topological polar surface area (TPSA) is 54.5 Å². The molecule has 2 aliphatic rings. The number of likely N-dealkylation sites (tertiary alicyclic amines) is 1. The highest BCUT2D eigenvalue weighted by Crippen LogP contribution is 2.63. The smallest absolute Gasteiger partial charge is 0.254 e. The lowest BCUT2D eigenvalue weighted by Crippen LogP contribution is -2.74. The number of amides is 1. The minimum atomic E-state index is -0.132. The summed E-state index contributed by atoms with van der Waals surface area (Å²) in [6.07, 6.45) is 0.414. The van der Waals surface area contributed by atoms with Crippen molar-refractivity contribution in [3.8, 4) is 0 Å². The van der Waals surface area contributed by atoms with Crippen LogP contribution in [0.4, 0.5) is 0 Å². The summed E-state index contributed by atoms with van der Waals surface area (Å²) < 4.78 is 0. The van der Waals surface area contributed by atoms with E-state index in [1.165, 1.54) is 0 Å². The van der Waals surface area contributed by atoms with E-state index < -0.39 is 0 Å². The zero-order chi connectivity index (χ0) is 21.0. The molecule has 0 aromatic heterocycles. The molecule has 4 heteroatoms. The van der Waals surface area contributed by atoms with E-state index in [2.05, 4.69) is 27.7 Å². The molecule has 4 rings (SSSR count). The molecule has 2 aromatic rings. The van der Waals surface area contributed by atoms with E-state index in [1.807, 2.05) is 23.1 Å². The highest BCUT2D eigenvalue weighted by Gasteiger charge is 2.67. The fourth-order valence-corrected chi connectivity index (χ4v) is 5.08. The first-order valence-electron chi connectivity index (χ1n) is 10.2. The average molecular weight is 389 g/mol. The standard InChI is InChI=1S/C25H27NO3/c1-24(2)20-19(27)14-15-26(22(20)25(24,3)4)23(29)18-12-10-17(11-13-18)21(28)16-8-6-5-7-9-16/h5-13,20,22H,14-15H2,1-4H3/t20-,22+/m0/s1. The van der Waals surface area contributed by atoms with Gasteiger partial charge in [-0.25, -0.2) is 0 Å². The van der Waals surface area contributed by atoms with Gasteiger partial charge in [-0.15, -0.1) is 0 Å². The van der Waals surface area contributed by atoms with Crippen LogP contribution in [0, 0.1) is 16.7 Å². The number of rotatable bonds is 3. The van der Waals surface area contributed by atoms with E-state index in [-0.39, 0.29) is 40.3 Å². The molecule has 2 aromatic carbocycles. The number of hydrogen-bond acceptors (Lipinski definition) is 3. The molecule has 0 unspecified atom stereocenters. The normalized spacial score (nSPS) is 24.4. The van der Waals surface area contributed by atoms with Gasteiger partial charge in [0.05, 0.1) is 0 Å². The molecule has 1 saturated carbocycles. The van der Waals surface area contributed by atoms with Gasteiger partial charge < -0.3 is 4.90 Å². The molecule has 0 N–H and O–H groups in total. The van der Waals surface area contributed by atoms with Gasteiger partial charge in [0.15, 0.2) is 5.78 Å². The van der Waals surface area contributed by atoms with E-state index in [0.29, 0.717) is 29.7 Å². The number of carbonyl (C=O) groups excluding carboxylic acids is 3. The number of fused-ring (bicyclic) bond motifs is 1. The Morgan fingerprint density at radius 1 is 0.828 bits per heavy atom. The second-order valence-electron chi connectivity index (χ2n) is 9.35. The van der Waals surface area contributed by atoms with Crippen LogP contribution >= 0.6 is 0 Å². The zero-order valence-corrected chi connectivity index (χ0v) is 17.4.